The van der Waals surface area contributed by atoms with Crippen molar-refractivity contribution in [1.29, 1.82) is 0 Å². The van der Waals surface area contributed by atoms with E-state index >= 15 is 0 Å². The summed E-state index contributed by atoms with van der Waals surface area (Å²) in [7, 11) is 1.56. The van der Waals surface area contributed by atoms with Crippen molar-refractivity contribution < 1.29 is 9.53 Å². The fourth-order valence-electron chi connectivity index (χ4n) is 2.45. The van der Waals surface area contributed by atoms with Crippen molar-refractivity contribution in [2.45, 2.75) is 6.54 Å². The highest BCUT2D eigenvalue weighted by molar-refractivity contribution is 7.09. The molecule has 122 valence electrons. The lowest BCUT2D eigenvalue weighted by molar-refractivity contribution is 0.0982. The normalized spacial score (nSPS) is 10.4. The largest absolute Gasteiger partial charge is 0.496 e. The van der Waals surface area contributed by atoms with Gasteiger partial charge in [0.15, 0.2) is 0 Å². The van der Waals surface area contributed by atoms with Gasteiger partial charge in [-0.25, -0.2) is 0 Å². The van der Waals surface area contributed by atoms with Crippen molar-refractivity contribution in [1.82, 2.24) is 0 Å². The summed E-state index contributed by atoms with van der Waals surface area (Å²) in [6, 6.07) is 18.5. The molecular weight excluding hydrogens is 342 g/mol. The van der Waals surface area contributed by atoms with Crippen LogP contribution >= 0.6 is 22.9 Å². The summed E-state index contributed by atoms with van der Waals surface area (Å²) >= 11 is 7.73. The van der Waals surface area contributed by atoms with Crippen LogP contribution in [0.25, 0.3) is 0 Å². The maximum atomic E-state index is 13.2. The average Bonchev–Trinajstić information content (AvgIpc) is 3.12. The molecule has 0 atom stereocenters. The highest BCUT2D eigenvalue weighted by atomic mass is 35.5. The van der Waals surface area contributed by atoms with E-state index in [-0.39, 0.29) is 5.91 Å². The third kappa shape index (κ3) is 3.61. The van der Waals surface area contributed by atoms with E-state index in [1.807, 2.05) is 41.8 Å². The van der Waals surface area contributed by atoms with Gasteiger partial charge in [0.25, 0.3) is 5.91 Å². The van der Waals surface area contributed by atoms with Gasteiger partial charge in [-0.1, -0.05) is 35.9 Å². The second kappa shape index (κ2) is 7.51. The molecule has 0 saturated carbocycles. The number of benzene rings is 2. The number of carbonyl (C=O) groups is 1. The van der Waals surface area contributed by atoms with Crippen LogP contribution in [0.3, 0.4) is 0 Å². The topological polar surface area (TPSA) is 29.5 Å². The maximum Gasteiger partial charge on any atom is 0.262 e. The molecule has 0 radical (unpaired) electrons. The van der Waals surface area contributed by atoms with Crippen LogP contribution in [0.2, 0.25) is 5.02 Å². The lowest BCUT2D eigenvalue weighted by Gasteiger charge is -2.23. The first-order valence-corrected chi connectivity index (χ1v) is 8.67. The molecular formula is C19H16ClNO2S. The monoisotopic (exact) mass is 357 g/mol. The second-order valence-electron chi connectivity index (χ2n) is 5.15. The van der Waals surface area contributed by atoms with E-state index < -0.39 is 0 Å². The number of nitrogens with zero attached hydrogens (tertiary/aromatic N) is 1. The molecule has 3 nitrogen and oxygen atoms in total. The molecule has 0 spiro atoms. The molecule has 0 aliphatic heterocycles. The van der Waals surface area contributed by atoms with Crippen molar-refractivity contribution in [2.75, 3.05) is 12.0 Å². The number of amides is 1. The molecule has 0 N–H and O–H groups in total. The SMILES string of the molecule is COc1ccccc1C(=O)N(Cc1cccs1)c1cccc(Cl)c1. The predicted molar refractivity (Wildman–Crippen MR) is 99.3 cm³/mol. The highest BCUT2D eigenvalue weighted by Gasteiger charge is 2.21. The summed E-state index contributed by atoms with van der Waals surface area (Å²) in [4.78, 5) is 16.0. The average molecular weight is 358 g/mol. The number of methoxy groups -OCH3 is 1. The van der Waals surface area contributed by atoms with Crippen molar-refractivity contribution in [3.05, 3.63) is 81.5 Å². The fraction of sp³-hybridized carbons (Fsp3) is 0.105. The molecule has 0 aliphatic rings. The molecule has 0 bridgehead atoms. The zero-order chi connectivity index (χ0) is 16.9. The lowest BCUT2D eigenvalue weighted by Crippen LogP contribution is -2.30. The van der Waals surface area contributed by atoms with Gasteiger partial charge in [-0.2, -0.15) is 0 Å². The van der Waals surface area contributed by atoms with E-state index in [1.165, 1.54) is 0 Å². The number of carbonyl (C=O) groups excluding carboxylic acids is 1. The lowest BCUT2D eigenvalue weighted by atomic mass is 10.1. The Hall–Kier alpha value is -2.30. The molecule has 1 amide bonds. The molecule has 1 aromatic heterocycles. The second-order valence-corrected chi connectivity index (χ2v) is 6.62. The zero-order valence-corrected chi connectivity index (χ0v) is 14.7. The zero-order valence-electron chi connectivity index (χ0n) is 13.1. The molecule has 0 unspecified atom stereocenters. The van der Waals surface area contributed by atoms with Crippen LogP contribution < -0.4 is 9.64 Å². The molecule has 0 fully saturated rings. The van der Waals surface area contributed by atoms with E-state index in [9.17, 15) is 4.79 Å². The van der Waals surface area contributed by atoms with E-state index in [1.54, 1.807) is 47.6 Å². The van der Waals surface area contributed by atoms with Gasteiger partial charge in [-0.3, -0.25) is 4.79 Å². The van der Waals surface area contributed by atoms with Crippen LogP contribution in [0.1, 0.15) is 15.2 Å². The van der Waals surface area contributed by atoms with Gasteiger partial charge in [-0.05, 0) is 41.8 Å². The van der Waals surface area contributed by atoms with Crippen LogP contribution in [-0.2, 0) is 6.54 Å². The van der Waals surface area contributed by atoms with Gasteiger partial charge < -0.3 is 9.64 Å². The number of ether oxygens (including phenoxy) is 1. The van der Waals surface area contributed by atoms with Gasteiger partial charge >= 0.3 is 0 Å². The summed E-state index contributed by atoms with van der Waals surface area (Å²) in [5, 5.41) is 2.59. The highest BCUT2D eigenvalue weighted by Crippen LogP contribution is 2.27. The summed E-state index contributed by atoms with van der Waals surface area (Å²) in [5.74, 6) is 0.434. The van der Waals surface area contributed by atoms with Gasteiger partial charge in [0.05, 0.1) is 19.2 Å². The van der Waals surface area contributed by atoms with E-state index in [2.05, 4.69) is 0 Å². The minimum atomic E-state index is -0.122. The summed E-state index contributed by atoms with van der Waals surface area (Å²) < 4.78 is 5.34. The first kappa shape index (κ1) is 16.6. The van der Waals surface area contributed by atoms with Gasteiger partial charge in [0, 0.05) is 15.6 Å². The standard InChI is InChI=1S/C19H16ClNO2S/c1-23-18-10-3-2-9-17(18)19(22)21(13-16-8-5-11-24-16)15-7-4-6-14(20)12-15/h2-12H,13H2,1H3. The molecule has 0 saturated heterocycles. The summed E-state index contributed by atoms with van der Waals surface area (Å²) in [5.41, 5.74) is 1.28. The van der Waals surface area contributed by atoms with Crippen LogP contribution in [-0.4, -0.2) is 13.0 Å². The van der Waals surface area contributed by atoms with Crippen molar-refractivity contribution in [3.8, 4) is 5.75 Å². The number of rotatable bonds is 5. The van der Waals surface area contributed by atoms with Crippen LogP contribution in [0.5, 0.6) is 5.75 Å². The molecule has 3 aromatic rings. The summed E-state index contributed by atoms with van der Waals surface area (Å²) in [6.45, 7) is 0.481. The third-order valence-electron chi connectivity index (χ3n) is 3.60. The Kier molecular flexibility index (Phi) is 5.18. The van der Waals surface area contributed by atoms with Crippen LogP contribution in [0.15, 0.2) is 66.0 Å². The first-order chi connectivity index (χ1) is 11.7. The number of para-hydroxylation sites is 1. The van der Waals surface area contributed by atoms with E-state index in [0.717, 1.165) is 10.6 Å². The summed E-state index contributed by atoms with van der Waals surface area (Å²) in [6.07, 6.45) is 0. The maximum absolute atomic E-state index is 13.2. The van der Waals surface area contributed by atoms with Gasteiger partial charge in [0.1, 0.15) is 5.75 Å². The first-order valence-electron chi connectivity index (χ1n) is 7.42. The Balaban J connectivity index is 2.02. The van der Waals surface area contributed by atoms with Crippen LogP contribution in [0.4, 0.5) is 5.69 Å². The molecule has 24 heavy (non-hydrogen) atoms. The number of hydrogen-bond donors (Lipinski definition) is 0. The van der Waals surface area contributed by atoms with Crippen molar-refractivity contribution >= 4 is 34.5 Å². The van der Waals surface area contributed by atoms with E-state index in [0.29, 0.717) is 22.9 Å². The number of anilines is 1. The number of halogens is 1. The van der Waals surface area contributed by atoms with Gasteiger partial charge in [-0.15, -0.1) is 11.3 Å². The van der Waals surface area contributed by atoms with E-state index in [4.69, 9.17) is 16.3 Å². The quantitative estimate of drug-likeness (QED) is 0.623. The third-order valence-corrected chi connectivity index (χ3v) is 4.69. The minimum absolute atomic E-state index is 0.122. The molecule has 1 heterocycles. The molecule has 5 heteroatoms. The fourth-order valence-corrected chi connectivity index (χ4v) is 3.33. The smallest absolute Gasteiger partial charge is 0.262 e. The predicted octanol–water partition coefficient (Wildman–Crippen LogP) is 5.26. The van der Waals surface area contributed by atoms with Crippen molar-refractivity contribution in [2.24, 2.45) is 0 Å². The molecule has 2 aromatic carbocycles. The Morgan fingerprint density at radius 2 is 1.96 bits per heavy atom. The Labute approximate surface area is 150 Å². The minimum Gasteiger partial charge on any atom is -0.496 e. The van der Waals surface area contributed by atoms with Gasteiger partial charge in [0.2, 0.25) is 0 Å². The Morgan fingerprint density at radius 3 is 2.67 bits per heavy atom. The Morgan fingerprint density at radius 1 is 1.12 bits per heavy atom. The Bertz CT molecular complexity index is 833. The number of hydrogen-bond acceptors (Lipinski definition) is 3. The molecule has 3 rings (SSSR count). The van der Waals surface area contributed by atoms with Crippen LogP contribution in [0, 0.1) is 0 Å². The van der Waals surface area contributed by atoms with Crippen molar-refractivity contribution in [3.63, 3.8) is 0 Å². The number of thiophene rings is 1. The molecule has 0 aliphatic carbocycles.